The lowest BCUT2D eigenvalue weighted by atomic mass is 10.0. The third kappa shape index (κ3) is 6.50. The second-order valence-electron chi connectivity index (χ2n) is 7.35. The zero-order valence-electron chi connectivity index (χ0n) is 19.3. The minimum atomic E-state index is -4.35. The monoisotopic (exact) mass is 494 g/mol. The van der Waals surface area contributed by atoms with Crippen molar-refractivity contribution in [2.24, 2.45) is 5.14 Å². The molecule has 0 bridgehead atoms. The molecule has 182 valence electrons. The SMILES string of the molecule is CCOc1ccc(C(C(=O)NS(N)(=O)=O)N(c2ccccc2)c2ccc(C#N)cc2)cc1OCC. The number of carbonyl (C=O) groups is 1. The van der Waals surface area contributed by atoms with Crippen LogP contribution in [-0.4, -0.2) is 27.5 Å². The molecule has 10 heteroatoms. The van der Waals surface area contributed by atoms with E-state index in [0.29, 0.717) is 47.2 Å². The molecule has 0 saturated heterocycles. The summed E-state index contributed by atoms with van der Waals surface area (Å²) in [7, 11) is -4.35. The summed E-state index contributed by atoms with van der Waals surface area (Å²) in [6.07, 6.45) is 0. The number of nitrogens with zero attached hydrogens (tertiary/aromatic N) is 2. The van der Waals surface area contributed by atoms with Crippen LogP contribution in [-0.2, 0) is 15.0 Å². The van der Waals surface area contributed by atoms with Crippen molar-refractivity contribution in [1.82, 2.24) is 4.72 Å². The number of amides is 1. The number of nitriles is 1. The smallest absolute Gasteiger partial charge is 0.298 e. The van der Waals surface area contributed by atoms with Crippen LogP contribution >= 0.6 is 0 Å². The first-order valence-corrected chi connectivity index (χ1v) is 12.4. The van der Waals surface area contributed by atoms with Crippen LogP contribution in [0.3, 0.4) is 0 Å². The molecule has 0 saturated carbocycles. The van der Waals surface area contributed by atoms with Crippen LogP contribution in [0, 0.1) is 11.3 Å². The van der Waals surface area contributed by atoms with Crippen molar-refractivity contribution in [3.63, 3.8) is 0 Å². The summed E-state index contributed by atoms with van der Waals surface area (Å²) in [5.41, 5.74) is 2.04. The van der Waals surface area contributed by atoms with Gasteiger partial charge in [-0.3, -0.25) is 4.79 Å². The van der Waals surface area contributed by atoms with E-state index in [9.17, 15) is 18.5 Å². The Balaban J connectivity index is 2.24. The van der Waals surface area contributed by atoms with Gasteiger partial charge in [0.2, 0.25) is 0 Å². The van der Waals surface area contributed by atoms with E-state index in [-0.39, 0.29) is 0 Å². The predicted molar refractivity (Wildman–Crippen MR) is 133 cm³/mol. The van der Waals surface area contributed by atoms with E-state index in [2.05, 4.69) is 6.07 Å². The molecule has 35 heavy (non-hydrogen) atoms. The Morgan fingerprint density at radius 1 is 0.971 bits per heavy atom. The number of carbonyl (C=O) groups excluding carboxylic acids is 1. The van der Waals surface area contributed by atoms with Crippen LogP contribution in [0.1, 0.15) is 31.0 Å². The molecule has 3 N–H and O–H groups in total. The Labute approximate surface area is 204 Å². The molecule has 1 amide bonds. The highest BCUT2D eigenvalue weighted by atomic mass is 32.2. The first-order valence-electron chi connectivity index (χ1n) is 10.9. The van der Waals surface area contributed by atoms with Crippen molar-refractivity contribution in [3.8, 4) is 17.6 Å². The number of benzene rings is 3. The maximum Gasteiger partial charge on any atom is 0.298 e. The third-order valence-corrected chi connectivity index (χ3v) is 5.43. The molecule has 3 aromatic carbocycles. The van der Waals surface area contributed by atoms with Gasteiger partial charge in [-0.1, -0.05) is 24.3 Å². The minimum absolute atomic E-state index is 0.357. The van der Waals surface area contributed by atoms with E-state index in [1.807, 2.05) is 24.6 Å². The fourth-order valence-corrected chi connectivity index (χ4v) is 3.98. The molecule has 1 unspecified atom stereocenters. The summed E-state index contributed by atoms with van der Waals surface area (Å²) in [4.78, 5) is 15.1. The molecular formula is C25H26N4O5S. The molecule has 3 aromatic rings. The van der Waals surface area contributed by atoms with Gasteiger partial charge in [0.05, 0.1) is 24.8 Å². The number of ether oxygens (including phenoxy) is 2. The highest BCUT2D eigenvalue weighted by Crippen LogP contribution is 2.38. The van der Waals surface area contributed by atoms with Gasteiger partial charge in [0, 0.05) is 11.4 Å². The molecule has 0 aromatic heterocycles. The second kappa shape index (κ2) is 11.4. The predicted octanol–water partition coefficient (Wildman–Crippen LogP) is 3.55. The van der Waals surface area contributed by atoms with E-state index in [1.54, 1.807) is 71.6 Å². The fourth-order valence-electron chi connectivity index (χ4n) is 3.58. The molecule has 3 rings (SSSR count). The van der Waals surface area contributed by atoms with Crippen LogP contribution in [0.25, 0.3) is 0 Å². The molecular weight excluding hydrogens is 468 g/mol. The zero-order valence-corrected chi connectivity index (χ0v) is 20.2. The normalized spacial score (nSPS) is 11.7. The molecule has 0 radical (unpaired) electrons. The van der Waals surface area contributed by atoms with Crippen LogP contribution in [0.5, 0.6) is 11.5 Å². The highest BCUT2D eigenvalue weighted by Gasteiger charge is 2.32. The van der Waals surface area contributed by atoms with Crippen molar-refractivity contribution >= 4 is 27.5 Å². The number of rotatable bonds is 10. The second-order valence-corrected chi connectivity index (χ2v) is 8.64. The first kappa shape index (κ1) is 25.6. The molecule has 0 aliphatic rings. The van der Waals surface area contributed by atoms with Gasteiger partial charge in [-0.05, 0) is 67.9 Å². The van der Waals surface area contributed by atoms with Crippen molar-refractivity contribution in [3.05, 3.63) is 83.9 Å². The van der Waals surface area contributed by atoms with E-state index < -0.39 is 22.2 Å². The largest absolute Gasteiger partial charge is 0.490 e. The summed E-state index contributed by atoms with van der Waals surface area (Å²) in [5.74, 6) is 0.0359. The summed E-state index contributed by atoms with van der Waals surface area (Å²) >= 11 is 0. The van der Waals surface area contributed by atoms with Crippen LogP contribution in [0.15, 0.2) is 72.8 Å². The zero-order chi connectivity index (χ0) is 25.4. The number of nitrogens with two attached hydrogens (primary N) is 1. The molecule has 0 fully saturated rings. The van der Waals surface area contributed by atoms with Crippen molar-refractivity contribution in [2.45, 2.75) is 19.9 Å². The van der Waals surface area contributed by atoms with Gasteiger partial charge in [-0.15, -0.1) is 0 Å². The van der Waals surface area contributed by atoms with E-state index in [4.69, 9.17) is 14.6 Å². The average Bonchev–Trinajstić information content (AvgIpc) is 2.83. The van der Waals surface area contributed by atoms with Gasteiger partial charge < -0.3 is 14.4 Å². The average molecular weight is 495 g/mol. The number of anilines is 2. The van der Waals surface area contributed by atoms with Gasteiger partial charge in [0.15, 0.2) is 11.5 Å². The Bertz CT molecular complexity index is 1310. The number of para-hydroxylation sites is 1. The number of hydrogen-bond donors (Lipinski definition) is 2. The Morgan fingerprint density at radius 3 is 2.14 bits per heavy atom. The Morgan fingerprint density at radius 2 is 1.57 bits per heavy atom. The molecule has 0 aliphatic carbocycles. The van der Waals surface area contributed by atoms with Crippen molar-refractivity contribution in [1.29, 1.82) is 5.26 Å². The van der Waals surface area contributed by atoms with Gasteiger partial charge in [-0.25, -0.2) is 9.86 Å². The van der Waals surface area contributed by atoms with Crippen LogP contribution in [0.2, 0.25) is 0 Å². The highest BCUT2D eigenvalue weighted by molar-refractivity contribution is 7.87. The fraction of sp³-hybridized carbons (Fsp3) is 0.200. The molecule has 0 heterocycles. The van der Waals surface area contributed by atoms with E-state index >= 15 is 0 Å². The molecule has 0 aliphatic heterocycles. The number of hydrogen-bond acceptors (Lipinski definition) is 7. The molecule has 1 atom stereocenters. The van der Waals surface area contributed by atoms with Crippen molar-refractivity contribution in [2.75, 3.05) is 18.1 Å². The van der Waals surface area contributed by atoms with Gasteiger partial charge in [0.25, 0.3) is 16.1 Å². The van der Waals surface area contributed by atoms with E-state index in [1.165, 1.54) is 0 Å². The lowest BCUT2D eigenvalue weighted by Gasteiger charge is -2.33. The van der Waals surface area contributed by atoms with Crippen LogP contribution < -0.4 is 24.2 Å². The summed E-state index contributed by atoms with van der Waals surface area (Å²) < 4.78 is 36.9. The standard InChI is InChI=1S/C25H26N4O5S/c1-3-33-22-15-12-19(16-23(22)34-4-2)24(25(30)28-35(27,31)32)29(20-8-6-5-7-9-20)21-13-10-18(17-26)11-14-21/h5-16,24H,3-4H2,1-2H3,(H,28,30)(H2,27,31,32). The van der Waals surface area contributed by atoms with Crippen molar-refractivity contribution < 1.29 is 22.7 Å². The minimum Gasteiger partial charge on any atom is -0.490 e. The topological polar surface area (TPSA) is 135 Å². The lowest BCUT2D eigenvalue weighted by molar-refractivity contribution is -0.120. The van der Waals surface area contributed by atoms with Crippen LogP contribution in [0.4, 0.5) is 11.4 Å². The van der Waals surface area contributed by atoms with Gasteiger partial charge in [-0.2, -0.15) is 13.7 Å². The third-order valence-electron chi connectivity index (χ3n) is 4.94. The van der Waals surface area contributed by atoms with E-state index in [0.717, 1.165) is 0 Å². The maximum absolute atomic E-state index is 13.4. The van der Waals surface area contributed by atoms with Gasteiger partial charge >= 0.3 is 0 Å². The molecule has 9 nitrogen and oxygen atoms in total. The molecule has 0 spiro atoms. The van der Waals surface area contributed by atoms with Gasteiger partial charge in [0.1, 0.15) is 6.04 Å². The quantitative estimate of drug-likeness (QED) is 0.440. The first-order chi connectivity index (χ1) is 16.8. The number of nitrogens with one attached hydrogen (secondary N) is 1. The summed E-state index contributed by atoms with van der Waals surface area (Å²) in [5, 5.41) is 14.4. The Kier molecular flexibility index (Phi) is 8.30. The maximum atomic E-state index is 13.4. The Hall–Kier alpha value is -4.07. The summed E-state index contributed by atoms with van der Waals surface area (Å²) in [6.45, 7) is 4.43. The lowest BCUT2D eigenvalue weighted by Crippen LogP contribution is -2.43. The summed E-state index contributed by atoms with van der Waals surface area (Å²) in [6, 6.07) is 21.5.